The summed E-state index contributed by atoms with van der Waals surface area (Å²) in [4.78, 5) is 42.0. The lowest BCUT2D eigenvalue weighted by Crippen LogP contribution is -2.39. The molecular weight excluding hydrogens is 472 g/mol. The van der Waals surface area contributed by atoms with Gasteiger partial charge in [0.25, 0.3) is 0 Å². The van der Waals surface area contributed by atoms with E-state index >= 15 is 0 Å². The maximum atomic E-state index is 14.3. The standard InChI is InChI=1S/C34H26O4/c1-2-33(31(36)26-20-18-25(19-21-26)24-13-7-4-8-14-24)30-27-15-9-10-16-28(27)38-32(37)34(30,33)29(35)22-17-23-11-5-3-6-12-23/h3-22,30H,2H2,1H3. The van der Waals surface area contributed by atoms with Crippen molar-refractivity contribution in [2.24, 2.45) is 10.8 Å². The second kappa shape index (κ2) is 9.07. The van der Waals surface area contributed by atoms with E-state index in [9.17, 15) is 14.4 Å². The maximum Gasteiger partial charge on any atom is 0.327 e. The highest BCUT2D eigenvalue weighted by molar-refractivity contribution is 6.25. The van der Waals surface area contributed by atoms with Crippen LogP contribution in [0.4, 0.5) is 0 Å². The third-order valence-corrected chi connectivity index (χ3v) is 8.13. The fourth-order valence-corrected chi connectivity index (χ4v) is 6.31. The Labute approximate surface area is 221 Å². The van der Waals surface area contributed by atoms with Gasteiger partial charge in [0.05, 0.1) is 5.41 Å². The summed E-state index contributed by atoms with van der Waals surface area (Å²) in [6, 6.07) is 34.0. The first-order chi connectivity index (χ1) is 18.5. The summed E-state index contributed by atoms with van der Waals surface area (Å²) in [5.41, 5.74) is 1.24. The molecule has 3 atom stereocenters. The average Bonchev–Trinajstić information content (AvgIpc) is 3.63. The van der Waals surface area contributed by atoms with E-state index in [1.165, 1.54) is 6.08 Å². The average molecular weight is 499 g/mol. The molecule has 0 amide bonds. The van der Waals surface area contributed by atoms with Crippen LogP contribution in [0, 0.1) is 10.8 Å². The van der Waals surface area contributed by atoms with Crippen molar-refractivity contribution in [2.75, 3.05) is 0 Å². The first kappa shape index (κ1) is 23.8. The van der Waals surface area contributed by atoms with Crippen molar-refractivity contribution in [1.29, 1.82) is 0 Å². The van der Waals surface area contributed by atoms with Crippen molar-refractivity contribution >= 4 is 23.6 Å². The fourth-order valence-electron chi connectivity index (χ4n) is 6.31. The van der Waals surface area contributed by atoms with Gasteiger partial charge in [-0.25, -0.2) is 0 Å². The molecule has 1 saturated carbocycles. The van der Waals surface area contributed by atoms with Gasteiger partial charge in [-0.05, 0) is 35.3 Å². The molecule has 0 N–H and O–H groups in total. The summed E-state index contributed by atoms with van der Waals surface area (Å²) in [7, 11) is 0. The van der Waals surface area contributed by atoms with Crippen LogP contribution in [0.15, 0.2) is 115 Å². The molecule has 186 valence electrons. The van der Waals surface area contributed by atoms with Gasteiger partial charge in [0.1, 0.15) is 5.75 Å². The number of rotatable bonds is 7. The molecule has 6 rings (SSSR count). The van der Waals surface area contributed by atoms with Crippen LogP contribution in [0.5, 0.6) is 5.75 Å². The number of benzene rings is 4. The number of hydrogen-bond donors (Lipinski definition) is 0. The van der Waals surface area contributed by atoms with Gasteiger partial charge < -0.3 is 4.74 Å². The monoisotopic (exact) mass is 498 g/mol. The Morgan fingerprint density at radius 2 is 1.39 bits per heavy atom. The van der Waals surface area contributed by atoms with Gasteiger partial charge in [0.2, 0.25) is 0 Å². The lowest BCUT2D eigenvalue weighted by atomic mass is 9.80. The van der Waals surface area contributed by atoms with Gasteiger partial charge in [-0.3, -0.25) is 14.4 Å². The van der Waals surface area contributed by atoms with E-state index in [-0.39, 0.29) is 5.78 Å². The summed E-state index contributed by atoms with van der Waals surface area (Å²) in [6.45, 7) is 1.88. The van der Waals surface area contributed by atoms with Crippen molar-refractivity contribution in [3.63, 3.8) is 0 Å². The second-order valence-electron chi connectivity index (χ2n) is 9.87. The van der Waals surface area contributed by atoms with Crippen molar-refractivity contribution < 1.29 is 19.1 Å². The lowest BCUT2D eigenvalue weighted by molar-refractivity contribution is -0.147. The molecule has 0 radical (unpaired) electrons. The van der Waals surface area contributed by atoms with E-state index < -0.39 is 28.5 Å². The molecule has 1 heterocycles. The van der Waals surface area contributed by atoms with E-state index in [0.717, 1.165) is 22.3 Å². The molecular formula is C34H26O4. The fraction of sp³-hybridized carbons (Fsp3) is 0.147. The molecule has 1 aliphatic carbocycles. The summed E-state index contributed by atoms with van der Waals surface area (Å²) in [5, 5.41) is 0. The van der Waals surface area contributed by atoms with Crippen LogP contribution in [0.1, 0.15) is 40.7 Å². The van der Waals surface area contributed by atoms with E-state index in [4.69, 9.17) is 4.74 Å². The minimum absolute atomic E-state index is 0.209. The largest absolute Gasteiger partial charge is 0.425 e. The van der Waals surface area contributed by atoms with Crippen LogP contribution in [-0.2, 0) is 9.59 Å². The number of esters is 1. The van der Waals surface area contributed by atoms with E-state index in [1.807, 2.05) is 91.9 Å². The molecule has 4 aromatic rings. The summed E-state index contributed by atoms with van der Waals surface area (Å²) in [6.07, 6.45) is 3.45. The van der Waals surface area contributed by atoms with Gasteiger partial charge in [-0.1, -0.05) is 116 Å². The summed E-state index contributed by atoms with van der Waals surface area (Å²) < 4.78 is 5.74. The molecule has 1 fully saturated rings. The van der Waals surface area contributed by atoms with Crippen molar-refractivity contribution in [2.45, 2.75) is 19.3 Å². The molecule has 38 heavy (non-hydrogen) atoms. The summed E-state index contributed by atoms with van der Waals surface area (Å²) in [5.74, 6) is -1.44. The van der Waals surface area contributed by atoms with Gasteiger partial charge in [0, 0.05) is 17.0 Å². The van der Waals surface area contributed by atoms with Crippen LogP contribution in [0.25, 0.3) is 17.2 Å². The number of Topliss-reactive ketones (excluding diaryl/α,β-unsaturated/α-hetero) is 1. The molecule has 1 aliphatic heterocycles. The Balaban J connectivity index is 1.44. The molecule has 4 aromatic carbocycles. The first-order valence-electron chi connectivity index (χ1n) is 12.8. The Morgan fingerprint density at radius 1 is 0.789 bits per heavy atom. The molecule has 0 bridgehead atoms. The predicted molar refractivity (Wildman–Crippen MR) is 147 cm³/mol. The Hall–Kier alpha value is -4.57. The smallest absolute Gasteiger partial charge is 0.327 e. The van der Waals surface area contributed by atoms with Crippen molar-refractivity contribution in [3.8, 4) is 16.9 Å². The van der Waals surface area contributed by atoms with Crippen molar-refractivity contribution in [1.82, 2.24) is 0 Å². The Morgan fingerprint density at radius 3 is 2.08 bits per heavy atom. The van der Waals surface area contributed by atoms with Crippen LogP contribution < -0.4 is 4.74 Å². The van der Waals surface area contributed by atoms with Crippen LogP contribution in [0.2, 0.25) is 0 Å². The van der Waals surface area contributed by atoms with E-state index in [0.29, 0.717) is 17.7 Å². The quantitative estimate of drug-likeness (QED) is 0.0913. The number of ether oxygens (including phenoxy) is 1. The molecule has 0 saturated heterocycles. The lowest BCUT2D eigenvalue weighted by Gasteiger charge is -2.22. The second-order valence-corrected chi connectivity index (χ2v) is 9.87. The first-order valence-corrected chi connectivity index (χ1v) is 12.8. The van der Waals surface area contributed by atoms with Gasteiger partial charge >= 0.3 is 5.97 Å². The van der Waals surface area contributed by atoms with E-state index in [2.05, 4.69) is 0 Å². The van der Waals surface area contributed by atoms with Gasteiger partial charge in [-0.2, -0.15) is 0 Å². The topological polar surface area (TPSA) is 60.4 Å². The number of allylic oxidation sites excluding steroid dienone is 1. The maximum absolute atomic E-state index is 14.3. The molecule has 4 heteroatoms. The van der Waals surface area contributed by atoms with Gasteiger partial charge in [-0.15, -0.1) is 0 Å². The minimum Gasteiger partial charge on any atom is -0.425 e. The number of carbonyl (C=O) groups is 3. The van der Waals surface area contributed by atoms with Crippen LogP contribution in [0.3, 0.4) is 0 Å². The summed E-state index contributed by atoms with van der Waals surface area (Å²) >= 11 is 0. The third-order valence-electron chi connectivity index (χ3n) is 8.13. The number of carbonyl (C=O) groups excluding carboxylic acids is 3. The highest BCUT2D eigenvalue weighted by Crippen LogP contribution is 2.80. The zero-order valence-corrected chi connectivity index (χ0v) is 21.0. The zero-order valence-electron chi connectivity index (χ0n) is 21.0. The van der Waals surface area contributed by atoms with Gasteiger partial charge in [0.15, 0.2) is 17.0 Å². The number of fused-ring (bicyclic) bond motifs is 3. The number of ketones is 2. The number of para-hydroxylation sites is 1. The molecule has 4 nitrogen and oxygen atoms in total. The minimum atomic E-state index is -1.60. The number of hydrogen-bond acceptors (Lipinski definition) is 4. The predicted octanol–water partition coefficient (Wildman–Crippen LogP) is 6.92. The zero-order chi connectivity index (χ0) is 26.3. The Kier molecular flexibility index (Phi) is 5.68. The third kappa shape index (κ3) is 3.33. The molecule has 0 spiro atoms. The highest BCUT2D eigenvalue weighted by Gasteiger charge is 2.88. The van der Waals surface area contributed by atoms with Crippen LogP contribution in [-0.4, -0.2) is 17.5 Å². The molecule has 3 unspecified atom stereocenters. The normalized spacial score (nSPS) is 23.3. The molecule has 0 aromatic heterocycles. The van der Waals surface area contributed by atoms with Crippen molar-refractivity contribution in [3.05, 3.63) is 132 Å². The SMILES string of the molecule is CCC1(C(=O)c2ccc(-c3ccccc3)cc2)C2c3ccccc3OC(=O)C21C(=O)C=Cc1ccccc1. The van der Waals surface area contributed by atoms with Crippen LogP contribution >= 0.6 is 0 Å². The van der Waals surface area contributed by atoms with E-state index in [1.54, 1.807) is 30.3 Å². The molecule has 2 aliphatic rings. The Bertz CT molecular complexity index is 1570. The highest BCUT2D eigenvalue weighted by atomic mass is 16.5.